The van der Waals surface area contributed by atoms with E-state index in [1.54, 1.807) is 27.0 Å². The van der Waals surface area contributed by atoms with Crippen LogP contribution in [0.25, 0.3) is 0 Å². The quantitative estimate of drug-likeness (QED) is 0.412. The first kappa shape index (κ1) is 21.0. The van der Waals surface area contributed by atoms with Crippen molar-refractivity contribution in [3.8, 4) is 0 Å². The third-order valence-corrected chi connectivity index (χ3v) is 3.53. The van der Waals surface area contributed by atoms with Gasteiger partial charge in [0.2, 0.25) is 11.6 Å². The molecule has 0 aliphatic carbocycles. The molecule has 0 radical (unpaired) electrons. The van der Waals surface area contributed by atoms with Gasteiger partial charge in [-0.1, -0.05) is 6.07 Å². The van der Waals surface area contributed by atoms with Gasteiger partial charge in [0, 0.05) is 31.9 Å². The lowest BCUT2D eigenvalue weighted by molar-refractivity contribution is -0.383. The van der Waals surface area contributed by atoms with Crippen molar-refractivity contribution in [1.29, 1.82) is 0 Å². The van der Waals surface area contributed by atoms with Crippen LogP contribution in [0.1, 0.15) is 26.5 Å². The van der Waals surface area contributed by atoms with Crippen molar-refractivity contribution < 1.29 is 14.5 Å². The topological polar surface area (TPSA) is 123 Å². The number of nitrogens with zero attached hydrogens (tertiary/aromatic N) is 5. The summed E-state index contributed by atoms with van der Waals surface area (Å²) in [4.78, 5) is 36.7. The molecular weight excluding hydrogens is 364 g/mol. The Morgan fingerprint density at radius 3 is 2.64 bits per heavy atom. The van der Waals surface area contributed by atoms with E-state index in [1.165, 1.54) is 18.3 Å². The third-order valence-electron chi connectivity index (χ3n) is 3.53. The summed E-state index contributed by atoms with van der Waals surface area (Å²) in [6.07, 6.45) is 3.48. The van der Waals surface area contributed by atoms with Gasteiger partial charge in [-0.15, -0.1) is 0 Å². The van der Waals surface area contributed by atoms with E-state index in [-0.39, 0.29) is 23.9 Å². The third kappa shape index (κ3) is 6.15. The summed E-state index contributed by atoms with van der Waals surface area (Å²) in [5.41, 5.74) is -0.0863. The van der Waals surface area contributed by atoms with E-state index in [4.69, 9.17) is 4.74 Å². The molecule has 0 spiro atoms. The number of esters is 1. The molecule has 10 heteroatoms. The molecule has 0 bridgehead atoms. The highest BCUT2D eigenvalue weighted by molar-refractivity contribution is 5.78. The summed E-state index contributed by atoms with van der Waals surface area (Å²) in [6.45, 7) is 5.48. The van der Waals surface area contributed by atoms with Gasteiger partial charge >= 0.3 is 11.7 Å². The predicted molar refractivity (Wildman–Crippen MR) is 104 cm³/mol. The molecule has 0 aliphatic rings. The van der Waals surface area contributed by atoms with Gasteiger partial charge in [0.15, 0.2) is 0 Å². The lowest BCUT2D eigenvalue weighted by atomic mass is 10.2. The zero-order valence-electron chi connectivity index (χ0n) is 16.4. The van der Waals surface area contributed by atoms with Gasteiger partial charge in [0.1, 0.15) is 18.5 Å². The Morgan fingerprint density at radius 2 is 2.04 bits per heavy atom. The van der Waals surface area contributed by atoms with Gasteiger partial charge in [-0.05, 0) is 32.9 Å². The normalized spacial score (nSPS) is 11.0. The van der Waals surface area contributed by atoms with Gasteiger partial charge < -0.3 is 15.0 Å². The molecule has 0 aromatic carbocycles. The van der Waals surface area contributed by atoms with Crippen molar-refractivity contribution in [2.75, 3.05) is 30.4 Å². The second-order valence-corrected chi connectivity index (χ2v) is 7.09. The number of pyridine rings is 1. The first-order valence-corrected chi connectivity index (χ1v) is 8.73. The molecule has 0 saturated carbocycles. The minimum Gasteiger partial charge on any atom is -0.459 e. The average Bonchev–Trinajstić information content (AvgIpc) is 2.60. The summed E-state index contributed by atoms with van der Waals surface area (Å²) in [5.74, 6) is -0.388. The number of likely N-dealkylation sites (N-methyl/N-ethyl adjacent to an activating group) is 1. The monoisotopic (exact) mass is 388 g/mol. The summed E-state index contributed by atoms with van der Waals surface area (Å²) in [7, 11) is 1.54. The number of ether oxygens (including phenoxy) is 1. The van der Waals surface area contributed by atoms with Crippen LogP contribution >= 0.6 is 0 Å². The van der Waals surface area contributed by atoms with Crippen LogP contribution in [0.2, 0.25) is 0 Å². The van der Waals surface area contributed by atoms with E-state index in [0.717, 1.165) is 5.69 Å². The number of rotatable bonds is 8. The van der Waals surface area contributed by atoms with Crippen LogP contribution in [0.15, 0.2) is 30.7 Å². The number of carbonyl (C=O) groups is 1. The van der Waals surface area contributed by atoms with Crippen LogP contribution in [-0.4, -0.2) is 51.6 Å². The number of carbonyl (C=O) groups excluding carboxylic acids is 1. The SMILES string of the molecule is CN(CC(=O)OC(C)(C)C)c1ncnc(NCCc2ccccn2)c1[N+](=O)[O-]. The van der Waals surface area contributed by atoms with E-state index in [9.17, 15) is 14.9 Å². The molecule has 2 rings (SSSR count). The fourth-order valence-electron chi connectivity index (χ4n) is 2.44. The fraction of sp³-hybridized carbons (Fsp3) is 0.444. The van der Waals surface area contributed by atoms with Crippen molar-refractivity contribution in [2.45, 2.75) is 32.8 Å². The van der Waals surface area contributed by atoms with Gasteiger partial charge in [-0.3, -0.25) is 19.9 Å². The van der Waals surface area contributed by atoms with Crippen molar-refractivity contribution >= 4 is 23.3 Å². The molecule has 0 atom stereocenters. The predicted octanol–water partition coefficient (Wildman–Crippen LogP) is 2.21. The van der Waals surface area contributed by atoms with Crippen LogP contribution < -0.4 is 10.2 Å². The van der Waals surface area contributed by atoms with Crippen LogP contribution in [0.5, 0.6) is 0 Å². The van der Waals surface area contributed by atoms with Crippen LogP contribution in [0.3, 0.4) is 0 Å². The zero-order chi connectivity index (χ0) is 20.7. The second kappa shape index (κ2) is 9.07. The van der Waals surface area contributed by atoms with Gasteiger partial charge in [-0.2, -0.15) is 0 Å². The Labute approximate surface area is 163 Å². The highest BCUT2D eigenvalue weighted by atomic mass is 16.6. The molecule has 28 heavy (non-hydrogen) atoms. The Balaban J connectivity index is 2.13. The number of nitro groups is 1. The molecule has 0 saturated heterocycles. The molecule has 150 valence electrons. The average molecular weight is 388 g/mol. The van der Waals surface area contributed by atoms with E-state index in [0.29, 0.717) is 13.0 Å². The Morgan fingerprint density at radius 1 is 1.29 bits per heavy atom. The van der Waals surface area contributed by atoms with Crippen molar-refractivity contribution in [3.05, 3.63) is 46.5 Å². The van der Waals surface area contributed by atoms with Crippen molar-refractivity contribution in [2.24, 2.45) is 0 Å². The Hall–Kier alpha value is -3.30. The molecule has 0 unspecified atom stereocenters. The molecule has 1 N–H and O–H groups in total. The van der Waals surface area contributed by atoms with Crippen LogP contribution in [0.4, 0.5) is 17.3 Å². The number of hydrogen-bond donors (Lipinski definition) is 1. The number of hydrogen-bond acceptors (Lipinski definition) is 9. The number of aromatic nitrogens is 3. The Bertz CT molecular complexity index is 823. The first-order valence-electron chi connectivity index (χ1n) is 8.73. The maximum absolute atomic E-state index is 12.0. The summed E-state index contributed by atoms with van der Waals surface area (Å²) in [6, 6.07) is 5.56. The van der Waals surface area contributed by atoms with E-state index in [1.807, 2.05) is 18.2 Å². The summed E-state index contributed by atoms with van der Waals surface area (Å²) in [5, 5.41) is 14.6. The van der Waals surface area contributed by atoms with Crippen molar-refractivity contribution in [3.63, 3.8) is 0 Å². The molecule has 0 aliphatic heterocycles. The maximum atomic E-state index is 12.0. The Kier molecular flexibility index (Phi) is 6.80. The molecule has 2 aromatic heterocycles. The highest BCUT2D eigenvalue weighted by Gasteiger charge is 2.27. The zero-order valence-corrected chi connectivity index (χ0v) is 16.4. The number of nitrogens with one attached hydrogen (secondary N) is 1. The first-order chi connectivity index (χ1) is 13.2. The highest BCUT2D eigenvalue weighted by Crippen LogP contribution is 2.31. The second-order valence-electron chi connectivity index (χ2n) is 7.09. The van der Waals surface area contributed by atoms with Crippen molar-refractivity contribution in [1.82, 2.24) is 15.0 Å². The van der Waals surface area contributed by atoms with E-state index >= 15 is 0 Å². The lowest BCUT2D eigenvalue weighted by Crippen LogP contribution is -2.33. The van der Waals surface area contributed by atoms with Crippen LogP contribution in [0, 0.1) is 10.1 Å². The molecule has 2 aromatic rings. The molecule has 2 heterocycles. The summed E-state index contributed by atoms with van der Waals surface area (Å²) >= 11 is 0. The van der Waals surface area contributed by atoms with Gasteiger partial charge in [0.25, 0.3) is 0 Å². The minimum absolute atomic E-state index is 0.0335. The fourth-order valence-corrected chi connectivity index (χ4v) is 2.44. The smallest absolute Gasteiger partial charge is 0.353 e. The minimum atomic E-state index is -0.645. The van der Waals surface area contributed by atoms with Gasteiger partial charge in [0.05, 0.1) is 4.92 Å². The van der Waals surface area contributed by atoms with E-state index < -0.39 is 16.5 Å². The molecule has 0 amide bonds. The standard InChI is InChI=1S/C18H24N6O4/c1-18(2,3)28-14(25)11-23(4)17-15(24(26)27)16(21-12-22-17)20-10-8-13-7-5-6-9-19-13/h5-7,9,12H,8,10-11H2,1-4H3,(H,20,21,22). The summed E-state index contributed by atoms with van der Waals surface area (Å²) < 4.78 is 5.26. The number of anilines is 2. The lowest BCUT2D eigenvalue weighted by Gasteiger charge is -2.23. The molecular formula is C18H24N6O4. The maximum Gasteiger partial charge on any atom is 0.353 e. The van der Waals surface area contributed by atoms with E-state index in [2.05, 4.69) is 20.3 Å². The van der Waals surface area contributed by atoms with Crippen LogP contribution in [-0.2, 0) is 16.0 Å². The van der Waals surface area contributed by atoms with Gasteiger partial charge in [-0.25, -0.2) is 9.97 Å². The largest absolute Gasteiger partial charge is 0.459 e. The molecule has 10 nitrogen and oxygen atoms in total. The molecule has 0 fully saturated rings.